The number of hydrogen-bond donors (Lipinski definition) is 1. The second-order valence-corrected chi connectivity index (χ2v) is 6.77. The zero-order valence-electron chi connectivity index (χ0n) is 12.9. The summed E-state index contributed by atoms with van der Waals surface area (Å²) in [5, 5.41) is 15.5. The van der Waals surface area contributed by atoms with E-state index >= 15 is 0 Å². The van der Waals surface area contributed by atoms with E-state index in [1.54, 1.807) is 10.7 Å². The predicted octanol–water partition coefficient (Wildman–Crippen LogP) is 0.705. The molecule has 2 unspecified atom stereocenters. The summed E-state index contributed by atoms with van der Waals surface area (Å²) in [6.45, 7) is 2.88. The van der Waals surface area contributed by atoms with E-state index in [1.807, 2.05) is 12.1 Å². The molecule has 2 aromatic rings. The van der Waals surface area contributed by atoms with Crippen molar-refractivity contribution in [3.8, 4) is 0 Å². The lowest BCUT2D eigenvalue weighted by molar-refractivity contribution is -0.133. The molecule has 7 nitrogen and oxygen atoms in total. The first kappa shape index (κ1) is 13.7. The van der Waals surface area contributed by atoms with Crippen molar-refractivity contribution in [1.29, 1.82) is 0 Å². The Morgan fingerprint density at radius 3 is 2.70 bits per heavy atom. The number of morpholine rings is 1. The molecule has 1 N–H and O–H groups in total. The van der Waals surface area contributed by atoms with E-state index in [0.29, 0.717) is 38.3 Å². The summed E-state index contributed by atoms with van der Waals surface area (Å²) in [4.78, 5) is 6.99. The second kappa shape index (κ2) is 4.90. The lowest BCUT2D eigenvalue weighted by atomic mass is 9.90. The highest BCUT2D eigenvalue weighted by Gasteiger charge is 2.40. The Kier molecular flexibility index (Phi) is 2.92. The Hall–Kier alpha value is -1.70. The molecule has 4 fully saturated rings. The molecule has 6 rings (SSSR count). The zero-order chi connectivity index (χ0) is 15.4. The summed E-state index contributed by atoms with van der Waals surface area (Å²) >= 11 is 0. The molecule has 0 aliphatic carbocycles. The SMILES string of the molecule is OC1(c2cc(N3CC4CC(C3)O4)nc3ccnn23)CCOCC1. The van der Waals surface area contributed by atoms with Gasteiger partial charge in [0.25, 0.3) is 0 Å². The largest absolute Gasteiger partial charge is 0.383 e. The Bertz CT molecular complexity index is 724. The van der Waals surface area contributed by atoms with E-state index in [-0.39, 0.29) is 0 Å². The number of aliphatic hydroxyl groups is 1. The number of hydrogen-bond acceptors (Lipinski definition) is 6. The summed E-state index contributed by atoms with van der Waals surface area (Å²) in [6.07, 6.45) is 4.70. The molecule has 0 aromatic carbocycles. The van der Waals surface area contributed by atoms with Crippen molar-refractivity contribution in [3.05, 3.63) is 24.0 Å². The molecular formula is C16H20N4O3. The topological polar surface area (TPSA) is 72.1 Å². The van der Waals surface area contributed by atoms with E-state index in [4.69, 9.17) is 14.5 Å². The highest BCUT2D eigenvalue weighted by atomic mass is 16.5. The van der Waals surface area contributed by atoms with Crippen molar-refractivity contribution >= 4 is 11.5 Å². The minimum Gasteiger partial charge on any atom is -0.383 e. The molecule has 0 radical (unpaired) electrons. The van der Waals surface area contributed by atoms with Gasteiger partial charge in [0.05, 0.1) is 24.1 Å². The second-order valence-electron chi connectivity index (χ2n) is 6.77. The normalized spacial score (nSPS) is 29.5. The Morgan fingerprint density at radius 1 is 1.22 bits per heavy atom. The molecule has 4 saturated heterocycles. The van der Waals surface area contributed by atoms with Crippen molar-refractivity contribution in [3.63, 3.8) is 0 Å². The molecule has 0 spiro atoms. The minimum absolute atomic E-state index is 0.325. The number of ether oxygens (including phenoxy) is 2. The third kappa shape index (κ3) is 2.14. The average Bonchev–Trinajstić information content (AvgIpc) is 3.02. The molecule has 4 aliphatic rings. The van der Waals surface area contributed by atoms with Crippen molar-refractivity contribution in [2.45, 2.75) is 37.1 Å². The van der Waals surface area contributed by atoms with E-state index in [0.717, 1.165) is 36.7 Å². The quantitative estimate of drug-likeness (QED) is 0.879. The van der Waals surface area contributed by atoms with Gasteiger partial charge in [0.15, 0.2) is 5.65 Å². The smallest absolute Gasteiger partial charge is 0.157 e. The van der Waals surface area contributed by atoms with Gasteiger partial charge in [-0.05, 0) is 0 Å². The summed E-state index contributed by atoms with van der Waals surface area (Å²) in [5.74, 6) is 0.908. The van der Waals surface area contributed by atoms with Crippen LogP contribution < -0.4 is 4.90 Å². The van der Waals surface area contributed by atoms with Gasteiger partial charge in [-0.2, -0.15) is 5.10 Å². The summed E-state index contributed by atoms with van der Waals surface area (Å²) < 4.78 is 12.9. The first-order valence-corrected chi connectivity index (χ1v) is 8.27. The maximum absolute atomic E-state index is 11.1. The van der Waals surface area contributed by atoms with Crippen LogP contribution in [0.2, 0.25) is 0 Å². The number of anilines is 1. The standard InChI is InChI=1S/C16H20N4O3/c21-16(2-5-22-6-3-16)13-8-15(18-14-1-4-17-20(13)14)19-9-11-7-12(10-19)23-11/h1,4,8,11-12,21H,2-3,5-7,9-10H2. The third-order valence-electron chi connectivity index (χ3n) is 5.23. The Morgan fingerprint density at radius 2 is 1.96 bits per heavy atom. The van der Waals surface area contributed by atoms with Crippen LogP contribution in [0.4, 0.5) is 5.82 Å². The highest BCUT2D eigenvalue weighted by Crippen LogP contribution is 2.35. The van der Waals surface area contributed by atoms with Crippen molar-refractivity contribution < 1.29 is 14.6 Å². The van der Waals surface area contributed by atoms with Gasteiger partial charge in [0.1, 0.15) is 11.4 Å². The van der Waals surface area contributed by atoms with Gasteiger partial charge >= 0.3 is 0 Å². The van der Waals surface area contributed by atoms with E-state index in [2.05, 4.69) is 10.00 Å². The molecule has 6 heterocycles. The van der Waals surface area contributed by atoms with Crippen LogP contribution in [0.5, 0.6) is 0 Å². The number of rotatable bonds is 2. The Labute approximate surface area is 133 Å². The van der Waals surface area contributed by atoms with Crippen LogP contribution in [0, 0.1) is 0 Å². The molecule has 2 atom stereocenters. The van der Waals surface area contributed by atoms with Crippen LogP contribution in [-0.4, -0.2) is 58.2 Å². The average molecular weight is 316 g/mol. The molecule has 122 valence electrons. The van der Waals surface area contributed by atoms with Crippen LogP contribution in [0.25, 0.3) is 5.65 Å². The highest BCUT2D eigenvalue weighted by molar-refractivity contribution is 5.51. The maximum atomic E-state index is 11.1. The summed E-state index contributed by atoms with van der Waals surface area (Å²) in [5.41, 5.74) is 0.679. The molecule has 23 heavy (non-hydrogen) atoms. The minimum atomic E-state index is -0.907. The van der Waals surface area contributed by atoms with Crippen molar-refractivity contribution in [2.75, 3.05) is 31.2 Å². The van der Waals surface area contributed by atoms with Crippen LogP contribution in [0.1, 0.15) is 25.0 Å². The van der Waals surface area contributed by atoms with Crippen molar-refractivity contribution in [1.82, 2.24) is 14.6 Å². The molecule has 2 bridgehead atoms. The third-order valence-corrected chi connectivity index (χ3v) is 5.23. The lowest BCUT2D eigenvalue weighted by Gasteiger charge is -2.47. The van der Waals surface area contributed by atoms with Crippen LogP contribution in [-0.2, 0) is 15.1 Å². The fourth-order valence-electron chi connectivity index (χ4n) is 3.90. The van der Waals surface area contributed by atoms with E-state index in [1.165, 1.54) is 0 Å². The molecular weight excluding hydrogens is 296 g/mol. The fraction of sp³-hybridized carbons (Fsp3) is 0.625. The first-order chi connectivity index (χ1) is 11.2. The number of aromatic nitrogens is 3. The zero-order valence-corrected chi connectivity index (χ0v) is 12.9. The van der Waals surface area contributed by atoms with Gasteiger partial charge in [-0.3, -0.25) is 0 Å². The van der Waals surface area contributed by atoms with Crippen LogP contribution in [0.3, 0.4) is 0 Å². The van der Waals surface area contributed by atoms with Gasteiger partial charge in [0.2, 0.25) is 0 Å². The van der Waals surface area contributed by atoms with Gasteiger partial charge in [-0.15, -0.1) is 0 Å². The van der Waals surface area contributed by atoms with E-state index < -0.39 is 5.60 Å². The van der Waals surface area contributed by atoms with E-state index in [9.17, 15) is 5.11 Å². The van der Waals surface area contributed by atoms with Gasteiger partial charge in [-0.25, -0.2) is 9.50 Å². The molecule has 4 aliphatic heterocycles. The first-order valence-electron chi connectivity index (χ1n) is 8.27. The molecule has 7 heteroatoms. The van der Waals surface area contributed by atoms with Gasteiger partial charge in [-0.1, -0.05) is 0 Å². The molecule has 0 amide bonds. The number of nitrogens with zero attached hydrogens (tertiary/aromatic N) is 4. The summed E-state index contributed by atoms with van der Waals surface area (Å²) in [6, 6.07) is 3.88. The van der Waals surface area contributed by atoms with Gasteiger partial charge in [0, 0.05) is 57.7 Å². The number of piperidine rings is 1. The Balaban J connectivity index is 1.58. The fourth-order valence-corrected chi connectivity index (χ4v) is 3.90. The maximum Gasteiger partial charge on any atom is 0.157 e. The monoisotopic (exact) mass is 316 g/mol. The molecule has 0 saturated carbocycles. The number of fused-ring (bicyclic) bond motifs is 3. The van der Waals surface area contributed by atoms with Gasteiger partial charge < -0.3 is 19.5 Å². The molecule has 2 aromatic heterocycles. The van der Waals surface area contributed by atoms with Crippen LogP contribution in [0.15, 0.2) is 18.3 Å². The van der Waals surface area contributed by atoms with Crippen molar-refractivity contribution in [2.24, 2.45) is 0 Å². The lowest BCUT2D eigenvalue weighted by Crippen LogP contribution is -2.57. The predicted molar refractivity (Wildman–Crippen MR) is 82.4 cm³/mol. The summed E-state index contributed by atoms with van der Waals surface area (Å²) in [7, 11) is 0. The van der Waals surface area contributed by atoms with Crippen LogP contribution >= 0.6 is 0 Å².